The molecule has 1 N–H and O–H groups in total. The molecule has 116 valence electrons. The Morgan fingerprint density at radius 1 is 0.783 bits per heavy atom. The first kappa shape index (κ1) is 13.9. The van der Waals surface area contributed by atoms with Crippen LogP contribution >= 0.6 is 8.81 Å². The van der Waals surface area contributed by atoms with Crippen LogP contribution in [0.1, 0.15) is 6.42 Å². The Morgan fingerprint density at radius 3 is 2.13 bits per heavy atom. The Labute approximate surface area is 138 Å². The van der Waals surface area contributed by atoms with Crippen LogP contribution in [-0.4, -0.2) is 22.0 Å². The molecule has 0 saturated carbocycles. The molecule has 0 aromatic heterocycles. The molecule has 4 atom stereocenters. The fraction of sp³-hybridized carbons (Fsp3) is 0.300. The van der Waals surface area contributed by atoms with E-state index in [0.717, 1.165) is 0 Å². The van der Waals surface area contributed by atoms with Gasteiger partial charge in [0, 0.05) is 20.6 Å². The van der Waals surface area contributed by atoms with Gasteiger partial charge in [-0.15, -0.1) is 0 Å². The van der Waals surface area contributed by atoms with E-state index in [1.165, 1.54) is 0 Å². The molecule has 5 aliphatic rings. The number of hydrogen-bond acceptors (Lipinski definition) is 2. The van der Waals surface area contributed by atoms with E-state index in [1.807, 2.05) is 6.08 Å². The van der Waals surface area contributed by atoms with Crippen LogP contribution in [0.5, 0.6) is 0 Å². The van der Waals surface area contributed by atoms with Crippen LogP contribution in [-0.2, 0) is 4.52 Å². The van der Waals surface area contributed by atoms with Gasteiger partial charge in [0.1, 0.15) is 5.60 Å². The summed E-state index contributed by atoms with van der Waals surface area (Å²) in [5.41, 5.74) is -0.997. The molecular weight excluding hydrogens is 303 g/mol. The first-order valence-corrected chi connectivity index (χ1v) is 9.02. The Balaban J connectivity index is 1.85. The van der Waals surface area contributed by atoms with Crippen molar-refractivity contribution in [1.29, 1.82) is 0 Å². The molecule has 0 aromatic rings. The van der Waals surface area contributed by atoms with Gasteiger partial charge in [-0.05, 0) is 0 Å². The van der Waals surface area contributed by atoms with Gasteiger partial charge in [0.15, 0.2) is 0 Å². The molecule has 0 radical (unpaired) electrons. The van der Waals surface area contributed by atoms with Crippen molar-refractivity contribution in [2.45, 2.75) is 23.3 Å². The van der Waals surface area contributed by atoms with Gasteiger partial charge in [-0.25, -0.2) is 0 Å². The fourth-order valence-corrected chi connectivity index (χ4v) is 6.54. The third-order valence-electron chi connectivity index (χ3n) is 6.06. The minimum absolute atomic E-state index is 0.151. The van der Waals surface area contributed by atoms with Crippen molar-refractivity contribution < 1.29 is 9.63 Å². The summed E-state index contributed by atoms with van der Waals surface area (Å²) < 4.78 is 6.57. The minimum Gasteiger partial charge on any atom is -0.389 e. The van der Waals surface area contributed by atoms with Crippen molar-refractivity contribution in [3.63, 3.8) is 0 Å². The van der Waals surface area contributed by atoms with E-state index in [2.05, 4.69) is 79.0 Å². The molecule has 1 heterocycles. The lowest BCUT2D eigenvalue weighted by molar-refractivity contribution is -0.0640. The van der Waals surface area contributed by atoms with Crippen LogP contribution in [0.2, 0.25) is 0 Å². The van der Waals surface area contributed by atoms with E-state index < -0.39 is 11.7 Å². The highest BCUT2D eigenvalue weighted by atomic mass is 31.1. The monoisotopic (exact) mass is 322 g/mol. The highest BCUT2D eigenvalue weighted by molar-refractivity contribution is 7.35. The van der Waals surface area contributed by atoms with E-state index in [-0.39, 0.29) is 16.0 Å². The summed E-state index contributed by atoms with van der Waals surface area (Å²) in [6.45, 7) is 0. The predicted molar refractivity (Wildman–Crippen MR) is 94.3 cm³/mol. The molecule has 1 aliphatic heterocycles. The molecule has 2 nitrogen and oxygen atoms in total. The van der Waals surface area contributed by atoms with Gasteiger partial charge in [0.25, 0.3) is 0 Å². The van der Waals surface area contributed by atoms with E-state index in [0.29, 0.717) is 15.2 Å². The number of aliphatic hydroxyl groups is 1. The molecule has 1 saturated heterocycles. The molecule has 0 amide bonds. The zero-order valence-electron chi connectivity index (χ0n) is 12.7. The fourth-order valence-electron chi connectivity index (χ4n) is 5.00. The van der Waals surface area contributed by atoms with Crippen LogP contribution in [0.4, 0.5) is 0 Å². The largest absolute Gasteiger partial charge is 0.389 e. The summed E-state index contributed by atoms with van der Waals surface area (Å²) in [6.07, 6.45) is 30.7. The summed E-state index contributed by atoms with van der Waals surface area (Å²) in [6, 6.07) is 0. The number of aliphatic hydroxyl groups excluding tert-OH is 1. The Kier molecular flexibility index (Phi) is 2.62. The third kappa shape index (κ3) is 1.42. The molecule has 4 aliphatic carbocycles. The normalized spacial score (nSPS) is 52.1. The smallest absolute Gasteiger partial charge is 0.107 e. The van der Waals surface area contributed by atoms with Crippen molar-refractivity contribution in [2.24, 2.45) is 10.8 Å². The van der Waals surface area contributed by atoms with Crippen molar-refractivity contribution in [3.05, 3.63) is 85.1 Å². The molecule has 23 heavy (non-hydrogen) atoms. The van der Waals surface area contributed by atoms with E-state index >= 15 is 0 Å². The molecule has 4 unspecified atom stereocenters. The average Bonchev–Trinajstić information content (AvgIpc) is 2.60. The van der Waals surface area contributed by atoms with Gasteiger partial charge in [0.2, 0.25) is 0 Å². The summed E-state index contributed by atoms with van der Waals surface area (Å²) in [5.74, 6) is 0. The van der Waals surface area contributed by atoms with Crippen molar-refractivity contribution in [2.75, 3.05) is 0 Å². The quantitative estimate of drug-likeness (QED) is 0.543. The Morgan fingerprint density at radius 2 is 1.39 bits per heavy atom. The maximum absolute atomic E-state index is 10.3. The first-order valence-electron chi connectivity index (χ1n) is 8.12. The van der Waals surface area contributed by atoms with Crippen LogP contribution in [0, 0.1) is 10.8 Å². The molecule has 0 bridgehead atoms. The molecule has 3 heteroatoms. The summed E-state index contributed by atoms with van der Waals surface area (Å²) in [7, 11) is 0.320. The zero-order valence-corrected chi connectivity index (χ0v) is 13.7. The molecular formula is C20H19O2P. The summed E-state index contributed by atoms with van der Waals surface area (Å²) in [4.78, 5) is 0. The minimum atomic E-state index is -0.483. The van der Waals surface area contributed by atoms with Gasteiger partial charge in [-0.3, -0.25) is 0 Å². The van der Waals surface area contributed by atoms with Crippen molar-refractivity contribution in [1.82, 2.24) is 0 Å². The second-order valence-corrected chi connectivity index (χ2v) is 8.22. The van der Waals surface area contributed by atoms with Gasteiger partial charge in [0.05, 0.1) is 16.7 Å². The maximum atomic E-state index is 10.3. The second-order valence-electron chi connectivity index (χ2n) is 6.99. The van der Waals surface area contributed by atoms with E-state index in [9.17, 15) is 5.11 Å². The summed E-state index contributed by atoms with van der Waals surface area (Å²) >= 11 is 0. The highest BCUT2D eigenvalue weighted by Crippen LogP contribution is 2.73. The number of rotatable bonds is 0. The van der Waals surface area contributed by atoms with Gasteiger partial charge < -0.3 is 9.63 Å². The molecule has 5 rings (SSSR count). The highest BCUT2D eigenvalue weighted by Gasteiger charge is 2.70. The van der Waals surface area contributed by atoms with Gasteiger partial charge >= 0.3 is 0 Å². The topological polar surface area (TPSA) is 29.5 Å². The number of hydrogen-bond donors (Lipinski definition) is 1. The second kappa shape index (κ2) is 4.33. The standard InChI is InChI=1S/C20H19O2P/c21-16-7-14-17-8-1-4-11-19(17,15-16)22-23-20-12-5-2-9-18(17,20)10-3-6-13-20/h1-14,16,21,23H,15H2. The maximum Gasteiger partial charge on any atom is 0.107 e. The van der Waals surface area contributed by atoms with Gasteiger partial charge in [-0.1, -0.05) is 85.1 Å². The van der Waals surface area contributed by atoms with Crippen LogP contribution < -0.4 is 0 Å². The van der Waals surface area contributed by atoms with Crippen molar-refractivity contribution >= 4 is 8.81 Å². The average molecular weight is 322 g/mol. The lowest BCUT2D eigenvalue weighted by Gasteiger charge is -2.67. The van der Waals surface area contributed by atoms with Crippen LogP contribution in [0.3, 0.4) is 0 Å². The van der Waals surface area contributed by atoms with Crippen molar-refractivity contribution in [3.8, 4) is 0 Å². The molecule has 0 aromatic carbocycles. The lowest BCUT2D eigenvalue weighted by atomic mass is 9.46. The van der Waals surface area contributed by atoms with E-state index in [1.54, 1.807) is 0 Å². The molecule has 1 fully saturated rings. The molecule has 0 spiro atoms. The summed E-state index contributed by atoms with van der Waals surface area (Å²) in [5, 5.41) is 10.1. The first-order chi connectivity index (χ1) is 11.2. The lowest BCUT2D eigenvalue weighted by Crippen LogP contribution is -2.67. The number of allylic oxidation sites excluding steroid dienone is 10. The van der Waals surface area contributed by atoms with Crippen LogP contribution in [0.15, 0.2) is 85.1 Å². The van der Waals surface area contributed by atoms with E-state index in [4.69, 9.17) is 4.52 Å². The predicted octanol–water partition coefficient (Wildman–Crippen LogP) is 3.76. The Bertz CT molecular complexity index is 743. The van der Waals surface area contributed by atoms with Gasteiger partial charge in [-0.2, -0.15) is 0 Å². The SMILES string of the molecule is OC1C=CC23C=CC=CC2(C1)OPC12C=CC=CC13C=CC=C2. The zero-order chi connectivity index (χ0) is 15.6. The third-order valence-corrected chi connectivity index (χ3v) is 7.61. The Hall–Kier alpha value is -1.47. The van der Waals surface area contributed by atoms with Crippen LogP contribution in [0.25, 0.3) is 0 Å².